The minimum Gasteiger partial charge on any atom is -0.372 e. The number of rotatable bonds is 6. The highest BCUT2D eigenvalue weighted by molar-refractivity contribution is 5.76. The largest absolute Gasteiger partial charge is 0.372 e. The first-order valence-corrected chi connectivity index (χ1v) is 11.0. The van der Waals surface area contributed by atoms with Crippen molar-refractivity contribution >= 4 is 17.4 Å². The molecule has 0 saturated carbocycles. The van der Waals surface area contributed by atoms with Crippen molar-refractivity contribution in [2.24, 2.45) is 5.92 Å². The Morgan fingerprint density at radius 1 is 1.26 bits per heavy atom. The van der Waals surface area contributed by atoms with E-state index in [0.717, 1.165) is 24.6 Å². The minimum atomic E-state index is -0.205. The first kappa shape index (κ1) is 21.1. The Bertz CT molecular complexity index is 1110. The molecule has 3 aromatic rings. The zero-order chi connectivity index (χ0) is 22.0. The fraction of sp³-hybridized carbons (Fsp3) is 0.478. The molecule has 4 rings (SSSR count). The van der Waals surface area contributed by atoms with E-state index >= 15 is 0 Å². The van der Waals surface area contributed by atoms with Gasteiger partial charge in [-0.2, -0.15) is 4.52 Å². The van der Waals surface area contributed by atoms with Gasteiger partial charge in [0.25, 0.3) is 11.3 Å². The number of nitrogens with zero attached hydrogens (tertiary/aromatic N) is 4. The number of benzene rings is 1. The van der Waals surface area contributed by atoms with Gasteiger partial charge < -0.3 is 10.2 Å². The lowest BCUT2D eigenvalue weighted by molar-refractivity contribution is -0.121. The molecule has 1 aromatic carbocycles. The predicted octanol–water partition coefficient (Wildman–Crippen LogP) is 2.77. The molecule has 1 amide bonds. The Balaban J connectivity index is 1.34. The number of aromatic amines is 1. The Kier molecular flexibility index (Phi) is 6.06. The Hall–Kier alpha value is -3.16. The predicted molar refractivity (Wildman–Crippen MR) is 120 cm³/mol. The van der Waals surface area contributed by atoms with Gasteiger partial charge in [0.1, 0.15) is 6.33 Å². The van der Waals surface area contributed by atoms with E-state index in [1.807, 2.05) is 6.92 Å². The van der Waals surface area contributed by atoms with Gasteiger partial charge in [0.05, 0.1) is 11.7 Å². The van der Waals surface area contributed by atoms with Gasteiger partial charge in [-0.15, -0.1) is 0 Å². The van der Waals surface area contributed by atoms with Crippen LogP contribution in [0, 0.1) is 12.8 Å². The van der Waals surface area contributed by atoms with Gasteiger partial charge in [-0.3, -0.25) is 14.7 Å². The highest BCUT2D eigenvalue weighted by atomic mass is 16.1. The third-order valence-corrected chi connectivity index (χ3v) is 6.25. The maximum Gasteiger partial charge on any atom is 0.277 e. The van der Waals surface area contributed by atoms with Crippen LogP contribution in [0.4, 0.5) is 5.69 Å². The minimum absolute atomic E-state index is 0.0879. The molecule has 0 radical (unpaired) electrons. The molecule has 1 aliphatic rings. The van der Waals surface area contributed by atoms with Gasteiger partial charge in [-0.05, 0) is 56.7 Å². The molecule has 31 heavy (non-hydrogen) atoms. The zero-order valence-corrected chi connectivity index (χ0v) is 18.4. The van der Waals surface area contributed by atoms with Crippen LogP contribution < -0.4 is 15.8 Å². The Labute approximate surface area is 181 Å². The highest BCUT2D eigenvalue weighted by Gasteiger charge is 2.17. The van der Waals surface area contributed by atoms with Gasteiger partial charge in [0.2, 0.25) is 5.91 Å². The lowest BCUT2D eigenvalue weighted by atomic mass is 9.98. The number of carbonyl (C=O) groups is 1. The molecule has 0 aliphatic carbocycles. The van der Waals surface area contributed by atoms with Gasteiger partial charge in [0.15, 0.2) is 0 Å². The number of amides is 1. The number of carbonyl (C=O) groups excluding carboxylic acids is 1. The van der Waals surface area contributed by atoms with Crippen LogP contribution >= 0.6 is 0 Å². The molecule has 164 valence electrons. The number of aromatic nitrogens is 4. The number of piperidine rings is 1. The lowest BCUT2D eigenvalue weighted by Crippen LogP contribution is -2.32. The fourth-order valence-electron chi connectivity index (χ4n) is 4.16. The average molecular weight is 423 g/mol. The Morgan fingerprint density at radius 3 is 2.68 bits per heavy atom. The summed E-state index contributed by atoms with van der Waals surface area (Å²) in [7, 11) is 0. The van der Waals surface area contributed by atoms with Crippen molar-refractivity contribution < 1.29 is 4.79 Å². The van der Waals surface area contributed by atoms with E-state index < -0.39 is 0 Å². The standard InChI is InChI=1S/C23H30N6O2/c1-15-10-12-28(13-11-15)19-6-4-18(5-7-19)16(2)26-21(30)9-8-20-17(3)27-23-24-14-25-29(23)22(20)31/h4-7,14-16H,8-13H2,1-3H3,(H,26,30)(H,24,25,27)/t16-/m1/s1. The van der Waals surface area contributed by atoms with Crippen LogP contribution in [0.2, 0.25) is 0 Å². The van der Waals surface area contributed by atoms with Crippen LogP contribution in [0.1, 0.15) is 56.0 Å². The molecule has 2 N–H and O–H groups in total. The molecule has 8 nitrogen and oxygen atoms in total. The topological polar surface area (TPSA) is 95.4 Å². The molecule has 0 bridgehead atoms. The van der Waals surface area contributed by atoms with Gasteiger partial charge in [-0.25, -0.2) is 9.97 Å². The van der Waals surface area contributed by atoms with Crippen molar-refractivity contribution in [1.82, 2.24) is 24.9 Å². The van der Waals surface area contributed by atoms with Crippen molar-refractivity contribution in [1.29, 1.82) is 0 Å². The molecule has 1 aliphatic heterocycles. The average Bonchev–Trinajstić information content (AvgIpc) is 3.23. The number of nitrogens with one attached hydrogen (secondary N) is 2. The summed E-state index contributed by atoms with van der Waals surface area (Å²) in [4.78, 5) is 35.8. The molecule has 2 aromatic heterocycles. The number of hydrogen-bond acceptors (Lipinski definition) is 5. The molecule has 1 atom stereocenters. The van der Waals surface area contributed by atoms with Gasteiger partial charge in [-0.1, -0.05) is 19.1 Å². The molecular weight excluding hydrogens is 392 g/mol. The van der Waals surface area contributed by atoms with E-state index in [2.05, 4.69) is 56.5 Å². The van der Waals surface area contributed by atoms with E-state index in [4.69, 9.17) is 0 Å². The number of anilines is 1. The molecule has 0 unspecified atom stereocenters. The third kappa shape index (κ3) is 4.62. The first-order chi connectivity index (χ1) is 14.9. The summed E-state index contributed by atoms with van der Waals surface area (Å²) in [6.07, 6.45) is 4.47. The maximum atomic E-state index is 12.6. The lowest BCUT2D eigenvalue weighted by Gasteiger charge is -2.32. The number of hydrogen-bond donors (Lipinski definition) is 2. The summed E-state index contributed by atoms with van der Waals surface area (Å²) in [5, 5.41) is 5.79. The van der Waals surface area contributed by atoms with Crippen molar-refractivity contribution in [2.45, 2.75) is 52.5 Å². The fourth-order valence-corrected chi connectivity index (χ4v) is 4.16. The van der Waals surface area contributed by atoms with E-state index in [0.29, 0.717) is 23.5 Å². The molecule has 1 fully saturated rings. The first-order valence-electron chi connectivity index (χ1n) is 11.0. The second kappa shape index (κ2) is 8.91. The molecule has 8 heteroatoms. The van der Waals surface area contributed by atoms with E-state index in [1.165, 1.54) is 29.4 Å². The SMILES string of the molecule is Cc1nc2nc[nH]n2c(=O)c1CCC(=O)N[C@H](C)c1ccc(N2CCC(C)CC2)cc1. The zero-order valence-electron chi connectivity index (χ0n) is 18.4. The summed E-state index contributed by atoms with van der Waals surface area (Å²) in [5.41, 5.74) is 3.25. The van der Waals surface area contributed by atoms with Crippen LogP contribution in [0.5, 0.6) is 0 Å². The second-order valence-corrected chi connectivity index (χ2v) is 8.55. The van der Waals surface area contributed by atoms with Crippen molar-refractivity contribution in [3.8, 4) is 0 Å². The van der Waals surface area contributed by atoms with Gasteiger partial charge in [0, 0.05) is 30.8 Å². The number of aryl methyl sites for hydroxylation is 1. The third-order valence-electron chi connectivity index (χ3n) is 6.25. The van der Waals surface area contributed by atoms with Crippen LogP contribution in [0.3, 0.4) is 0 Å². The second-order valence-electron chi connectivity index (χ2n) is 8.55. The Morgan fingerprint density at radius 2 is 1.97 bits per heavy atom. The smallest absolute Gasteiger partial charge is 0.277 e. The quantitative estimate of drug-likeness (QED) is 0.637. The maximum absolute atomic E-state index is 12.6. The van der Waals surface area contributed by atoms with Crippen molar-refractivity contribution in [3.05, 3.63) is 57.8 Å². The van der Waals surface area contributed by atoms with E-state index in [9.17, 15) is 9.59 Å². The monoisotopic (exact) mass is 422 g/mol. The van der Waals surface area contributed by atoms with Crippen LogP contribution in [0.25, 0.3) is 5.78 Å². The summed E-state index contributed by atoms with van der Waals surface area (Å²) in [6.45, 7) is 8.27. The van der Waals surface area contributed by atoms with Gasteiger partial charge >= 0.3 is 0 Å². The normalized spacial score (nSPS) is 15.9. The van der Waals surface area contributed by atoms with Crippen LogP contribution in [0.15, 0.2) is 35.4 Å². The summed E-state index contributed by atoms with van der Waals surface area (Å²) < 4.78 is 1.30. The van der Waals surface area contributed by atoms with Crippen molar-refractivity contribution in [3.63, 3.8) is 0 Å². The molecule has 3 heterocycles. The van der Waals surface area contributed by atoms with Crippen LogP contribution in [-0.2, 0) is 11.2 Å². The van der Waals surface area contributed by atoms with E-state index in [-0.39, 0.29) is 23.9 Å². The molecule has 1 saturated heterocycles. The summed E-state index contributed by atoms with van der Waals surface area (Å²) in [5.74, 6) is 1.06. The molecular formula is C23H30N6O2. The number of H-pyrrole nitrogens is 1. The summed E-state index contributed by atoms with van der Waals surface area (Å²) in [6, 6.07) is 8.36. The summed E-state index contributed by atoms with van der Waals surface area (Å²) >= 11 is 0. The molecule has 0 spiro atoms. The van der Waals surface area contributed by atoms with Crippen LogP contribution in [-0.4, -0.2) is 38.6 Å². The number of fused-ring (bicyclic) bond motifs is 1. The van der Waals surface area contributed by atoms with E-state index in [1.54, 1.807) is 6.92 Å². The highest BCUT2D eigenvalue weighted by Crippen LogP contribution is 2.24. The van der Waals surface area contributed by atoms with Crippen molar-refractivity contribution in [2.75, 3.05) is 18.0 Å².